The number of piperidine rings is 1. The Morgan fingerprint density at radius 2 is 2.25 bits per heavy atom. The van der Waals surface area contributed by atoms with Gasteiger partial charge in [0.15, 0.2) is 0 Å². The first-order valence-corrected chi connectivity index (χ1v) is 6.91. The summed E-state index contributed by atoms with van der Waals surface area (Å²) in [5.41, 5.74) is 1.63. The fraction of sp³-hybridized carbons (Fsp3) is 0.467. The van der Waals surface area contributed by atoms with Gasteiger partial charge in [-0.2, -0.15) is 0 Å². The molecule has 20 heavy (non-hydrogen) atoms. The van der Waals surface area contributed by atoms with E-state index in [1.807, 2.05) is 6.92 Å². The number of amides is 1. The van der Waals surface area contributed by atoms with Gasteiger partial charge in [-0.15, -0.1) is 0 Å². The topological polar surface area (TPSA) is 78.4 Å². The molecular formula is C15H20N2O3. The van der Waals surface area contributed by atoms with Crippen molar-refractivity contribution < 1.29 is 14.7 Å². The molecule has 5 heteroatoms. The van der Waals surface area contributed by atoms with Crippen LogP contribution in [0, 0.1) is 12.8 Å². The first-order chi connectivity index (χ1) is 9.56. The van der Waals surface area contributed by atoms with Crippen LogP contribution in [0.15, 0.2) is 18.2 Å². The Balaban J connectivity index is 1.99. The smallest absolute Gasteiger partial charge is 0.335 e. The minimum Gasteiger partial charge on any atom is -0.478 e. The highest BCUT2D eigenvalue weighted by molar-refractivity contribution is 5.94. The molecule has 1 aromatic rings. The quantitative estimate of drug-likeness (QED) is 0.786. The zero-order chi connectivity index (χ0) is 14.5. The monoisotopic (exact) mass is 276 g/mol. The van der Waals surface area contributed by atoms with Gasteiger partial charge in [0, 0.05) is 12.1 Å². The Labute approximate surface area is 118 Å². The molecule has 0 aromatic heterocycles. The molecule has 1 atom stereocenters. The SMILES string of the molecule is Cc1ccc(C(=O)O)cc1NC(=O)CC1CCCNC1. The molecule has 1 saturated heterocycles. The standard InChI is InChI=1S/C15H20N2O3/c1-10-4-5-12(15(19)20)8-13(10)17-14(18)7-11-3-2-6-16-9-11/h4-5,8,11,16H,2-3,6-7,9H2,1H3,(H,17,18)(H,19,20). The van der Waals surface area contributed by atoms with Gasteiger partial charge in [0.25, 0.3) is 0 Å². The van der Waals surface area contributed by atoms with Crippen molar-refractivity contribution in [3.8, 4) is 0 Å². The molecule has 1 unspecified atom stereocenters. The summed E-state index contributed by atoms with van der Waals surface area (Å²) >= 11 is 0. The van der Waals surface area contributed by atoms with Gasteiger partial charge in [-0.3, -0.25) is 4.79 Å². The molecule has 1 aromatic carbocycles. The third-order valence-electron chi connectivity index (χ3n) is 3.63. The number of carbonyl (C=O) groups is 2. The number of aromatic carboxylic acids is 1. The van der Waals surface area contributed by atoms with Gasteiger partial charge in [-0.05, 0) is 56.5 Å². The number of aryl methyl sites for hydroxylation is 1. The largest absolute Gasteiger partial charge is 0.478 e. The first kappa shape index (κ1) is 14.5. The minimum absolute atomic E-state index is 0.0515. The highest BCUT2D eigenvalue weighted by Crippen LogP contribution is 2.19. The van der Waals surface area contributed by atoms with Crippen LogP contribution < -0.4 is 10.6 Å². The molecule has 3 N–H and O–H groups in total. The average molecular weight is 276 g/mol. The van der Waals surface area contributed by atoms with Crippen molar-refractivity contribution in [1.29, 1.82) is 0 Å². The van der Waals surface area contributed by atoms with Gasteiger partial charge < -0.3 is 15.7 Å². The molecule has 0 aliphatic carbocycles. The van der Waals surface area contributed by atoms with Crippen molar-refractivity contribution in [2.75, 3.05) is 18.4 Å². The van der Waals surface area contributed by atoms with E-state index in [-0.39, 0.29) is 11.5 Å². The number of carboxylic acids is 1. The highest BCUT2D eigenvalue weighted by Gasteiger charge is 2.17. The minimum atomic E-state index is -0.989. The van der Waals surface area contributed by atoms with Crippen LogP contribution in [0.1, 0.15) is 35.2 Å². The third kappa shape index (κ3) is 3.81. The lowest BCUT2D eigenvalue weighted by molar-refractivity contribution is -0.117. The van der Waals surface area contributed by atoms with E-state index in [1.165, 1.54) is 6.07 Å². The predicted molar refractivity (Wildman–Crippen MR) is 77.0 cm³/mol. The van der Waals surface area contributed by atoms with Gasteiger partial charge in [-0.25, -0.2) is 4.79 Å². The number of anilines is 1. The van der Waals surface area contributed by atoms with Crippen LogP contribution in [0.25, 0.3) is 0 Å². The normalized spacial score (nSPS) is 18.6. The molecule has 0 spiro atoms. The van der Waals surface area contributed by atoms with Crippen LogP contribution in [0.5, 0.6) is 0 Å². The van der Waals surface area contributed by atoms with Crippen LogP contribution in [-0.2, 0) is 4.79 Å². The second-order valence-corrected chi connectivity index (χ2v) is 5.30. The molecular weight excluding hydrogens is 256 g/mol. The van der Waals surface area contributed by atoms with E-state index in [9.17, 15) is 9.59 Å². The number of nitrogens with one attached hydrogen (secondary N) is 2. The molecule has 5 nitrogen and oxygen atoms in total. The molecule has 1 aliphatic rings. The van der Waals surface area contributed by atoms with E-state index in [1.54, 1.807) is 12.1 Å². The summed E-state index contributed by atoms with van der Waals surface area (Å²) in [6.07, 6.45) is 2.64. The molecule has 0 radical (unpaired) electrons. The summed E-state index contributed by atoms with van der Waals surface area (Å²) < 4.78 is 0. The molecule has 1 heterocycles. The van der Waals surface area contributed by atoms with Crippen LogP contribution in [0.4, 0.5) is 5.69 Å². The van der Waals surface area contributed by atoms with E-state index >= 15 is 0 Å². The van der Waals surface area contributed by atoms with Crippen LogP contribution in [-0.4, -0.2) is 30.1 Å². The summed E-state index contributed by atoms with van der Waals surface area (Å²) in [5.74, 6) is -0.673. The second kappa shape index (κ2) is 6.52. The summed E-state index contributed by atoms with van der Waals surface area (Å²) in [6, 6.07) is 4.76. The summed E-state index contributed by atoms with van der Waals surface area (Å²) in [4.78, 5) is 23.0. The summed E-state index contributed by atoms with van der Waals surface area (Å²) in [7, 11) is 0. The van der Waals surface area contributed by atoms with E-state index in [4.69, 9.17) is 5.11 Å². The van der Waals surface area contributed by atoms with Crippen molar-refractivity contribution in [1.82, 2.24) is 5.32 Å². The number of hydrogen-bond donors (Lipinski definition) is 3. The van der Waals surface area contributed by atoms with E-state index < -0.39 is 5.97 Å². The van der Waals surface area contributed by atoms with Gasteiger partial charge in [-0.1, -0.05) is 6.07 Å². The second-order valence-electron chi connectivity index (χ2n) is 5.30. The van der Waals surface area contributed by atoms with Crippen molar-refractivity contribution >= 4 is 17.6 Å². The number of carbonyl (C=O) groups excluding carboxylic acids is 1. The van der Waals surface area contributed by atoms with Crippen molar-refractivity contribution in [2.45, 2.75) is 26.2 Å². The Bertz CT molecular complexity index is 508. The van der Waals surface area contributed by atoms with Gasteiger partial charge in [0.05, 0.1) is 5.56 Å². The maximum atomic E-state index is 12.0. The number of rotatable bonds is 4. The van der Waals surface area contributed by atoms with Gasteiger partial charge >= 0.3 is 5.97 Å². The zero-order valence-corrected chi connectivity index (χ0v) is 11.6. The summed E-state index contributed by atoms with van der Waals surface area (Å²) in [6.45, 7) is 3.75. The molecule has 0 bridgehead atoms. The number of carboxylic acid groups (broad SMARTS) is 1. The molecule has 108 valence electrons. The van der Waals surface area contributed by atoms with Gasteiger partial charge in [0.2, 0.25) is 5.91 Å². The lowest BCUT2D eigenvalue weighted by Crippen LogP contribution is -2.32. The molecule has 1 aliphatic heterocycles. The van der Waals surface area contributed by atoms with Crippen LogP contribution in [0.3, 0.4) is 0 Å². The fourth-order valence-corrected chi connectivity index (χ4v) is 2.45. The highest BCUT2D eigenvalue weighted by atomic mass is 16.4. The Morgan fingerprint density at radius 1 is 1.45 bits per heavy atom. The van der Waals surface area contributed by atoms with Crippen molar-refractivity contribution in [2.24, 2.45) is 5.92 Å². The number of hydrogen-bond acceptors (Lipinski definition) is 3. The van der Waals surface area contributed by atoms with Crippen LogP contribution in [0.2, 0.25) is 0 Å². The lowest BCUT2D eigenvalue weighted by atomic mass is 9.96. The lowest BCUT2D eigenvalue weighted by Gasteiger charge is -2.22. The van der Waals surface area contributed by atoms with Gasteiger partial charge in [0.1, 0.15) is 0 Å². The van der Waals surface area contributed by atoms with Crippen molar-refractivity contribution in [3.63, 3.8) is 0 Å². The van der Waals surface area contributed by atoms with E-state index in [0.717, 1.165) is 31.5 Å². The molecule has 1 fully saturated rings. The Morgan fingerprint density at radius 3 is 2.90 bits per heavy atom. The Hall–Kier alpha value is -1.88. The Kier molecular flexibility index (Phi) is 4.74. The zero-order valence-electron chi connectivity index (χ0n) is 11.6. The maximum absolute atomic E-state index is 12.0. The predicted octanol–water partition coefficient (Wildman–Crippen LogP) is 2.02. The average Bonchev–Trinajstić information content (AvgIpc) is 2.42. The summed E-state index contributed by atoms with van der Waals surface area (Å²) in [5, 5.41) is 15.1. The molecule has 2 rings (SSSR count). The molecule has 0 saturated carbocycles. The van der Waals surface area contributed by atoms with Crippen molar-refractivity contribution in [3.05, 3.63) is 29.3 Å². The fourth-order valence-electron chi connectivity index (χ4n) is 2.45. The maximum Gasteiger partial charge on any atom is 0.335 e. The van der Waals surface area contributed by atoms with Crippen LogP contribution >= 0.6 is 0 Å². The first-order valence-electron chi connectivity index (χ1n) is 6.91. The number of benzene rings is 1. The third-order valence-corrected chi connectivity index (χ3v) is 3.63. The molecule has 1 amide bonds. The van der Waals surface area contributed by atoms with E-state index in [2.05, 4.69) is 10.6 Å². The van der Waals surface area contributed by atoms with E-state index in [0.29, 0.717) is 18.0 Å².